The van der Waals surface area contributed by atoms with Gasteiger partial charge in [-0.05, 0) is 20.0 Å². The second-order valence-corrected chi connectivity index (χ2v) is 4.90. The van der Waals surface area contributed by atoms with Gasteiger partial charge in [-0.25, -0.2) is 9.18 Å². The van der Waals surface area contributed by atoms with Gasteiger partial charge in [-0.2, -0.15) is 0 Å². The van der Waals surface area contributed by atoms with Crippen molar-refractivity contribution in [3.05, 3.63) is 35.6 Å². The highest BCUT2D eigenvalue weighted by Gasteiger charge is 2.31. The van der Waals surface area contributed by atoms with Crippen LogP contribution in [-0.4, -0.2) is 47.9 Å². The summed E-state index contributed by atoms with van der Waals surface area (Å²) in [6, 6.07) is 5.61. The molecule has 2 rings (SSSR count). The molecular weight excluding hydrogens is 261 g/mol. The quantitative estimate of drug-likeness (QED) is 0.901. The Morgan fingerprint density at radius 2 is 2.20 bits per heavy atom. The first-order chi connectivity index (χ1) is 9.50. The Balaban J connectivity index is 2.01. The number of nitrogens with one attached hydrogen (secondary N) is 1. The van der Waals surface area contributed by atoms with Gasteiger partial charge in [0.05, 0.1) is 6.04 Å². The minimum Gasteiger partial charge on any atom is -0.336 e. The number of hydrogen-bond donors (Lipinski definition) is 1. The largest absolute Gasteiger partial charge is 0.336 e. The average Bonchev–Trinajstić information content (AvgIpc) is 2.86. The van der Waals surface area contributed by atoms with Gasteiger partial charge in [-0.1, -0.05) is 18.2 Å². The summed E-state index contributed by atoms with van der Waals surface area (Å²) in [6.45, 7) is 2.90. The number of benzene rings is 1. The van der Waals surface area contributed by atoms with Crippen molar-refractivity contribution in [2.75, 3.05) is 20.1 Å². The third-order valence-corrected chi connectivity index (χ3v) is 3.52. The molecule has 1 aliphatic rings. The van der Waals surface area contributed by atoms with Crippen LogP contribution in [0, 0.1) is 5.82 Å². The number of halogens is 1. The Kier molecular flexibility index (Phi) is 4.34. The highest BCUT2D eigenvalue weighted by Crippen LogP contribution is 2.12. The minimum atomic E-state index is -0.488. The summed E-state index contributed by atoms with van der Waals surface area (Å²) >= 11 is 0. The normalized spacial score (nSPS) is 16.4. The van der Waals surface area contributed by atoms with E-state index < -0.39 is 6.04 Å². The van der Waals surface area contributed by atoms with Crippen molar-refractivity contribution in [1.29, 1.82) is 0 Å². The standard InChI is InChI=1S/C14H18FN3O2/c1-10(13(19)18-8-7-16-14(18)20)17(2)9-11-5-3-4-6-12(11)15/h3-6,10H,7-9H2,1-2H3,(H,16,20)/t10-/m1/s1. The van der Waals surface area contributed by atoms with E-state index in [1.165, 1.54) is 11.0 Å². The Morgan fingerprint density at radius 3 is 2.80 bits per heavy atom. The number of hydrogen-bond acceptors (Lipinski definition) is 3. The zero-order valence-electron chi connectivity index (χ0n) is 11.6. The van der Waals surface area contributed by atoms with Gasteiger partial charge >= 0.3 is 6.03 Å². The van der Waals surface area contributed by atoms with Gasteiger partial charge in [0.2, 0.25) is 5.91 Å². The molecule has 0 radical (unpaired) electrons. The van der Waals surface area contributed by atoms with Crippen LogP contribution in [0.25, 0.3) is 0 Å². The van der Waals surface area contributed by atoms with Gasteiger partial charge in [0.15, 0.2) is 0 Å². The van der Waals surface area contributed by atoms with Gasteiger partial charge in [0.1, 0.15) is 5.82 Å². The van der Waals surface area contributed by atoms with Crippen LogP contribution in [0.15, 0.2) is 24.3 Å². The van der Waals surface area contributed by atoms with Crippen LogP contribution in [-0.2, 0) is 11.3 Å². The molecule has 1 aliphatic heterocycles. The first kappa shape index (κ1) is 14.5. The van der Waals surface area contributed by atoms with Crippen LogP contribution in [0.1, 0.15) is 12.5 Å². The molecule has 1 N–H and O–H groups in total. The second-order valence-electron chi connectivity index (χ2n) is 4.90. The SMILES string of the molecule is C[C@H](C(=O)N1CCNC1=O)N(C)Cc1ccccc1F. The fourth-order valence-electron chi connectivity index (χ4n) is 2.13. The number of likely N-dealkylation sites (N-methyl/N-ethyl adjacent to an activating group) is 1. The topological polar surface area (TPSA) is 52.7 Å². The van der Waals surface area contributed by atoms with Crippen LogP contribution in [0.5, 0.6) is 0 Å². The summed E-state index contributed by atoms with van der Waals surface area (Å²) in [5.41, 5.74) is 0.528. The summed E-state index contributed by atoms with van der Waals surface area (Å²) in [5.74, 6) is -0.559. The van der Waals surface area contributed by atoms with Gasteiger partial charge in [0, 0.05) is 25.2 Å². The van der Waals surface area contributed by atoms with Crippen LogP contribution in [0.2, 0.25) is 0 Å². The molecule has 20 heavy (non-hydrogen) atoms. The van der Waals surface area contributed by atoms with E-state index in [2.05, 4.69) is 5.32 Å². The minimum absolute atomic E-state index is 0.265. The molecule has 1 fully saturated rings. The van der Waals surface area contributed by atoms with Crippen LogP contribution < -0.4 is 5.32 Å². The number of rotatable bonds is 4. The smallest absolute Gasteiger partial charge is 0.324 e. The van der Waals surface area contributed by atoms with Crippen molar-refractivity contribution in [3.63, 3.8) is 0 Å². The van der Waals surface area contributed by atoms with Gasteiger partial charge in [-0.15, -0.1) is 0 Å². The number of imide groups is 1. The fraction of sp³-hybridized carbons (Fsp3) is 0.429. The second kappa shape index (κ2) is 6.00. The number of amides is 3. The van der Waals surface area contributed by atoms with Crippen molar-refractivity contribution in [2.45, 2.75) is 19.5 Å². The van der Waals surface area contributed by atoms with E-state index >= 15 is 0 Å². The maximum Gasteiger partial charge on any atom is 0.324 e. The van der Waals surface area contributed by atoms with Crippen molar-refractivity contribution >= 4 is 11.9 Å². The zero-order chi connectivity index (χ0) is 14.7. The van der Waals surface area contributed by atoms with E-state index in [1.807, 2.05) is 0 Å². The molecule has 1 heterocycles. The van der Waals surface area contributed by atoms with E-state index in [1.54, 1.807) is 37.1 Å². The predicted molar refractivity (Wildman–Crippen MR) is 72.4 cm³/mol. The van der Waals surface area contributed by atoms with Crippen LogP contribution in [0.4, 0.5) is 9.18 Å². The monoisotopic (exact) mass is 279 g/mol. The third kappa shape index (κ3) is 2.96. The van der Waals surface area contributed by atoms with E-state index in [-0.39, 0.29) is 17.8 Å². The van der Waals surface area contributed by atoms with Crippen LogP contribution in [0.3, 0.4) is 0 Å². The molecule has 0 aliphatic carbocycles. The van der Waals surface area contributed by atoms with Gasteiger partial charge < -0.3 is 5.32 Å². The Hall–Kier alpha value is -1.95. The third-order valence-electron chi connectivity index (χ3n) is 3.52. The lowest BCUT2D eigenvalue weighted by Crippen LogP contribution is -2.46. The van der Waals surface area contributed by atoms with E-state index in [0.717, 1.165) is 0 Å². The molecule has 3 amide bonds. The number of urea groups is 1. The van der Waals surface area contributed by atoms with Crippen LogP contribution >= 0.6 is 0 Å². The fourth-order valence-corrected chi connectivity index (χ4v) is 2.13. The summed E-state index contributed by atoms with van der Waals surface area (Å²) in [7, 11) is 1.74. The maximum atomic E-state index is 13.6. The van der Waals surface area contributed by atoms with Crippen molar-refractivity contribution < 1.29 is 14.0 Å². The summed E-state index contributed by atoms with van der Waals surface area (Å²) in [6.07, 6.45) is 0. The molecule has 1 aromatic carbocycles. The number of carbonyl (C=O) groups excluding carboxylic acids is 2. The number of nitrogens with zero attached hydrogens (tertiary/aromatic N) is 2. The van der Waals surface area contributed by atoms with Crippen molar-refractivity contribution in [1.82, 2.24) is 15.1 Å². The molecule has 1 atom stereocenters. The lowest BCUT2D eigenvalue weighted by Gasteiger charge is -2.26. The van der Waals surface area contributed by atoms with E-state index in [4.69, 9.17) is 0 Å². The molecule has 1 aromatic rings. The van der Waals surface area contributed by atoms with E-state index in [0.29, 0.717) is 25.2 Å². The maximum absolute atomic E-state index is 13.6. The number of carbonyl (C=O) groups is 2. The van der Waals surface area contributed by atoms with E-state index in [9.17, 15) is 14.0 Å². The molecule has 0 unspecified atom stereocenters. The molecule has 0 bridgehead atoms. The summed E-state index contributed by atoms with van der Waals surface area (Å²) < 4.78 is 13.6. The Labute approximate surface area is 117 Å². The molecular formula is C14H18FN3O2. The summed E-state index contributed by atoms with van der Waals surface area (Å²) in [5, 5.41) is 2.59. The van der Waals surface area contributed by atoms with Crippen molar-refractivity contribution in [3.8, 4) is 0 Å². The van der Waals surface area contributed by atoms with Gasteiger partial charge in [-0.3, -0.25) is 14.6 Å². The molecule has 0 spiro atoms. The molecule has 0 saturated carbocycles. The zero-order valence-corrected chi connectivity index (χ0v) is 11.6. The van der Waals surface area contributed by atoms with Gasteiger partial charge in [0.25, 0.3) is 0 Å². The predicted octanol–water partition coefficient (Wildman–Crippen LogP) is 1.20. The Morgan fingerprint density at radius 1 is 1.50 bits per heavy atom. The lowest BCUT2D eigenvalue weighted by atomic mass is 10.1. The average molecular weight is 279 g/mol. The highest BCUT2D eigenvalue weighted by molar-refractivity contribution is 5.98. The molecule has 5 nitrogen and oxygen atoms in total. The Bertz CT molecular complexity index is 521. The van der Waals surface area contributed by atoms with Crippen molar-refractivity contribution in [2.24, 2.45) is 0 Å². The highest BCUT2D eigenvalue weighted by atomic mass is 19.1. The first-order valence-corrected chi connectivity index (χ1v) is 6.53. The molecule has 108 valence electrons. The molecule has 0 aromatic heterocycles. The lowest BCUT2D eigenvalue weighted by molar-refractivity contribution is -0.132. The first-order valence-electron chi connectivity index (χ1n) is 6.53. The summed E-state index contributed by atoms with van der Waals surface area (Å²) in [4.78, 5) is 26.6. The molecule has 1 saturated heterocycles. The molecule has 6 heteroatoms.